The molecule has 0 fully saturated rings. The summed E-state index contributed by atoms with van der Waals surface area (Å²) < 4.78 is 0. The number of carbonyl (C=O) groups is 1. The van der Waals surface area contributed by atoms with E-state index >= 15 is 0 Å². The fourth-order valence-electron chi connectivity index (χ4n) is 1.51. The second-order valence-electron chi connectivity index (χ2n) is 3.56. The van der Waals surface area contributed by atoms with Gasteiger partial charge in [0.1, 0.15) is 6.54 Å². The molecule has 0 unspecified atom stereocenters. The van der Waals surface area contributed by atoms with Crippen molar-refractivity contribution in [3.8, 4) is 0 Å². The molecule has 0 saturated heterocycles. The highest BCUT2D eigenvalue weighted by molar-refractivity contribution is 5.94. The van der Waals surface area contributed by atoms with Crippen molar-refractivity contribution in [3.63, 3.8) is 0 Å². The lowest BCUT2D eigenvalue weighted by atomic mass is 10.2. The molecule has 1 aromatic heterocycles. The molecule has 0 radical (unpaired) electrons. The molecule has 1 heterocycles. The number of para-hydroxylation sites is 1. The van der Waals surface area contributed by atoms with Crippen molar-refractivity contribution in [2.45, 2.75) is 6.92 Å². The van der Waals surface area contributed by atoms with Crippen LogP contribution in [0.3, 0.4) is 0 Å². The molecule has 0 saturated carbocycles. The van der Waals surface area contributed by atoms with E-state index in [1.165, 1.54) is 0 Å². The van der Waals surface area contributed by atoms with Gasteiger partial charge in [-0.1, -0.05) is 18.2 Å². The maximum absolute atomic E-state index is 11.5. The molecule has 1 amide bonds. The number of carbonyl (C=O) groups excluding carboxylic acids is 1. The van der Waals surface area contributed by atoms with Crippen molar-refractivity contribution < 1.29 is 4.79 Å². The second kappa shape index (κ2) is 5.21. The Kier molecular flexibility index (Phi) is 3.45. The molecule has 1 aromatic carbocycles. The Morgan fingerprint density at radius 2 is 2.29 bits per heavy atom. The molecule has 0 aliphatic carbocycles. The number of nitrogens with zero attached hydrogens (tertiary/aromatic N) is 2. The van der Waals surface area contributed by atoms with Crippen LogP contribution in [-0.2, 0) is 4.79 Å². The summed E-state index contributed by atoms with van der Waals surface area (Å²) in [5.41, 5.74) is 1.61. The number of hydrogen-bond donors (Lipinski definition) is 1. The van der Waals surface area contributed by atoms with E-state index in [2.05, 4.69) is 15.3 Å². The van der Waals surface area contributed by atoms with Crippen LogP contribution in [0.2, 0.25) is 0 Å². The van der Waals surface area contributed by atoms with Crippen LogP contribution in [0.25, 0.3) is 10.9 Å². The molecule has 0 aliphatic heterocycles. The summed E-state index contributed by atoms with van der Waals surface area (Å²) in [5, 5.41) is 3.76. The Morgan fingerprint density at radius 3 is 3.12 bits per heavy atom. The molecule has 1 N–H and O–H groups in total. The number of aromatic nitrogens is 1. The van der Waals surface area contributed by atoms with Crippen molar-refractivity contribution >= 4 is 28.7 Å². The summed E-state index contributed by atoms with van der Waals surface area (Å²) >= 11 is 0. The van der Waals surface area contributed by atoms with E-state index in [9.17, 15) is 4.79 Å². The van der Waals surface area contributed by atoms with Gasteiger partial charge in [0.2, 0.25) is 5.91 Å². The monoisotopic (exact) mass is 227 g/mol. The normalized spacial score (nSPS) is 10.9. The first-order chi connectivity index (χ1) is 8.29. The first kappa shape index (κ1) is 11.3. The molecule has 2 rings (SSSR count). The van der Waals surface area contributed by atoms with E-state index in [0.717, 1.165) is 10.9 Å². The van der Waals surface area contributed by atoms with Gasteiger partial charge in [0.15, 0.2) is 0 Å². The zero-order chi connectivity index (χ0) is 12.1. The lowest BCUT2D eigenvalue weighted by Crippen LogP contribution is -2.14. The predicted octanol–water partition coefficient (Wildman–Crippen LogP) is 2.26. The minimum absolute atomic E-state index is 0.139. The lowest BCUT2D eigenvalue weighted by Gasteiger charge is -2.04. The molecule has 0 aliphatic rings. The lowest BCUT2D eigenvalue weighted by molar-refractivity contribution is -0.114. The van der Waals surface area contributed by atoms with Gasteiger partial charge in [0.05, 0.1) is 17.4 Å². The van der Waals surface area contributed by atoms with Gasteiger partial charge in [0, 0.05) is 5.39 Å². The minimum Gasteiger partial charge on any atom is -0.323 e. The molecular weight excluding hydrogens is 214 g/mol. The van der Waals surface area contributed by atoms with Crippen LogP contribution < -0.4 is 5.32 Å². The molecule has 4 nitrogen and oxygen atoms in total. The zero-order valence-corrected chi connectivity index (χ0v) is 9.55. The Hall–Kier alpha value is -2.23. The van der Waals surface area contributed by atoms with E-state index in [0.29, 0.717) is 5.69 Å². The van der Waals surface area contributed by atoms with Gasteiger partial charge >= 0.3 is 0 Å². The number of nitrogens with one attached hydrogen (secondary N) is 1. The standard InChI is InChI=1S/C13H13N3O/c1-2-14-9-13(17)16-11-7-10-5-3-4-6-12(10)15-8-11/h2-8H,9H2,1H3,(H,16,17). The fourth-order valence-corrected chi connectivity index (χ4v) is 1.51. The Balaban J connectivity index is 2.16. The Bertz CT molecular complexity index is 563. The van der Waals surface area contributed by atoms with Crippen molar-refractivity contribution in [2.75, 3.05) is 11.9 Å². The van der Waals surface area contributed by atoms with E-state index in [4.69, 9.17) is 0 Å². The number of fused-ring (bicyclic) bond motifs is 1. The Labute approximate surface area is 99.4 Å². The zero-order valence-electron chi connectivity index (χ0n) is 9.55. The number of anilines is 1. The molecular formula is C13H13N3O. The molecule has 2 aromatic rings. The van der Waals surface area contributed by atoms with Crippen LogP contribution in [0, 0.1) is 0 Å². The van der Waals surface area contributed by atoms with Gasteiger partial charge in [-0.15, -0.1) is 0 Å². The van der Waals surface area contributed by atoms with E-state index in [1.807, 2.05) is 30.3 Å². The number of rotatable bonds is 3. The highest BCUT2D eigenvalue weighted by Crippen LogP contribution is 2.15. The maximum atomic E-state index is 11.5. The maximum Gasteiger partial charge on any atom is 0.246 e. The van der Waals surface area contributed by atoms with Crippen LogP contribution in [0.5, 0.6) is 0 Å². The summed E-state index contributed by atoms with van der Waals surface area (Å²) in [5.74, 6) is -0.139. The average Bonchev–Trinajstić information content (AvgIpc) is 2.36. The smallest absolute Gasteiger partial charge is 0.246 e. The van der Waals surface area contributed by atoms with Crippen LogP contribution >= 0.6 is 0 Å². The van der Waals surface area contributed by atoms with Crippen molar-refractivity contribution in [3.05, 3.63) is 36.5 Å². The quantitative estimate of drug-likeness (QED) is 0.818. The summed E-state index contributed by atoms with van der Waals surface area (Å²) in [7, 11) is 0. The molecule has 17 heavy (non-hydrogen) atoms. The minimum atomic E-state index is -0.139. The highest BCUT2D eigenvalue weighted by atomic mass is 16.1. The average molecular weight is 227 g/mol. The van der Waals surface area contributed by atoms with Crippen LogP contribution in [0.15, 0.2) is 41.5 Å². The number of hydrogen-bond acceptors (Lipinski definition) is 3. The van der Waals surface area contributed by atoms with Crippen molar-refractivity contribution in [2.24, 2.45) is 4.99 Å². The third-order valence-corrected chi connectivity index (χ3v) is 2.29. The molecule has 86 valence electrons. The molecule has 4 heteroatoms. The van der Waals surface area contributed by atoms with E-state index in [-0.39, 0.29) is 12.5 Å². The van der Waals surface area contributed by atoms with Crippen molar-refractivity contribution in [1.29, 1.82) is 0 Å². The summed E-state index contributed by atoms with van der Waals surface area (Å²) in [6.07, 6.45) is 3.26. The van der Waals surface area contributed by atoms with E-state index < -0.39 is 0 Å². The van der Waals surface area contributed by atoms with Gasteiger partial charge in [-0.3, -0.25) is 14.8 Å². The van der Waals surface area contributed by atoms with Crippen LogP contribution in [0.4, 0.5) is 5.69 Å². The largest absolute Gasteiger partial charge is 0.323 e. The van der Waals surface area contributed by atoms with Gasteiger partial charge in [0.25, 0.3) is 0 Å². The third kappa shape index (κ3) is 2.87. The Morgan fingerprint density at radius 1 is 1.47 bits per heavy atom. The summed E-state index contributed by atoms with van der Waals surface area (Å²) in [6, 6.07) is 9.67. The SMILES string of the molecule is CC=NCC(=O)Nc1cnc2ccccc2c1. The van der Waals surface area contributed by atoms with Gasteiger partial charge in [-0.25, -0.2) is 0 Å². The third-order valence-electron chi connectivity index (χ3n) is 2.29. The number of aliphatic imine (C=N–C) groups is 1. The summed E-state index contributed by atoms with van der Waals surface area (Å²) in [4.78, 5) is 19.6. The summed E-state index contributed by atoms with van der Waals surface area (Å²) in [6.45, 7) is 1.92. The number of amides is 1. The topological polar surface area (TPSA) is 54.4 Å². The first-order valence-corrected chi connectivity index (χ1v) is 5.38. The fraction of sp³-hybridized carbons (Fsp3) is 0.154. The van der Waals surface area contributed by atoms with E-state index in [1.54, 1.807) is 19.3 Å². The van der Waals surface area contributed by atoms with Gasteiger partial charge in [-0.2, -0.15) is 0 Å². The molecule has 0 spiro atoms. The van der Waals surface area contributed by atoms with Gasteiger partial charge in [-0.05, 0) is 25.3 Å². The predicted molar refractivity (Wildman–Crippen MR) is 69.4 cm³/mol. The second-order valence-corrected chi connectivity index (χ2v) is 3.56. The van der Waals surface area contributed by atoms with Crippen LogP contribution in [-0.4, -0.2) is 23.7 Å². The first-order valence-electron chi connectivity index (χ1n) is 5.38. The van der Waals surface area contributed by atoms with Crippen molar-refractivity contribution in [1.82, 2.24) is 4.98 Å². The number of benzene rings is 1. The highest BCUT2D eigenvalue weighted by Gasteiger charge is 2.01. The van der Waals surface area contributed by atoms with Crippen LogP contribution in [0.1, 0.15) is 6.92 Å². The van der Waals surface area contributed by atoms with Gasteiger partial charge < -0.3 is 5.32 Å². The molecule has 0 bridgehead atoms. The molecule has 0 atom stereocenters. The number of pyridine rings is 1.